The minimum atomic E-state index is -0.0485. The Kier molecular flexibility index (Phi) is 3.13. The predicted octanol–water partition coefficient (Wildman–Crippen LogP) is 4.96. The van der Waals surface area contributed by atoms with Crippen LogP contribution in [0.5, 0.6) is 0 Å². The first-order valence-electron chi connectivity index (χ1n) is 6.85. The molecule has 1 atom stereocenters. The molecule has 1 aliphatic heterocycles. The molecule has 0 aliphatic carbocycles. The van der Waals surface area contributed by atoms with Crippen LogP contribution in [0.3, 0.4) is 0 Å². The molecule has 0 amide bonds. The van der Waals surface area contributed by atoms with Crippen LogP contribution in [0, 0.1) is 0 Å². The Labute approximate surface area is 127 Å². The zero-order valence-electron chi connectivity index (χ0n) is 11.3. The van der Waals surface area contributed by atoms with Gasteiger partial charge in [-0.2, -0.15) is 0 Å². The van der Waals surface area contributed by atoms with Gasteiger partial charge in [0.15, 0.2) is 0 Å². The first-order valence-corrected chi connectivity index (χ1v) is 7.73. The van der Waals surface area contributed by atoms with Gasteiger partial charge in [0.25, 0.3) is 0 Å². The number of rotatable bonds is 2. The largest absolute Gasteiger partial charge is 0.375 e. The molecule has 3 aromatic rings. The number of oxime groups is 1. The molecule has 0 fully saturated rings. The minimum Gasteiger partial charge on any atom is -0.375 e. The average molecular weight is 291 g/mol. The van der Waals surface area contributed by atoms with Gasteiger partial charge in [-0.15, -0.1) is 0 Å². The molecule has 1 unspecified atom stereocenters. The van der Waals surface area contributed by atoms with E-state index >= 15 is 0 Å². The van der Waals surface area contributed by atoms with Crippen molar-refractivity contribution in [1.29, 1.82) is 0 Å². The Morgan fingerprint density at radius 3 is 2.43 bits per heavy atom. The van der Waals surface area contributed by atoms with Crippen LogP contribution in [0.25, 0.3) is 10.8 Å². The third-order valence-electron chi connectivity index (χ3n) is 3.52. The Bertz CT molecular complexity index is 814. The first-order chi connectivity index (χ1) is 10.4. The highest BCUT2D eigenvalue weighted by molar-refractivity contribution is 8.14. The first kappa shape index (κ1) is 12.5. The van der Waals surface area contributed by atoms with Gasteiger partial charge in [-0.1, -0.05) is 83.6 Å². The lowest BCUT2D eigenvalue weighted by molar-refractivity contribution is 0.131. The molecule has 0 bridgehead atoms. The van der Waals surface area contributed by atoms with Crippen LogP contribution >= 0.6 is 11.8 Å². The van der Waals surface area contributed by atoms with E-state index in [-0.39, 0.29) is 5.44 Å². The molecule has 0 saturated carbocycles. The summed E-state index contributed by atoms with van der Waals surface area (Å²) < 4.78 is 0. The average Bonchev–Trinajstić information content (AvgIpc) is 3.05. The topological polar surface area (TPSA) is 21.6 Å². The van der Waals surface area contributed by atoms with Crippen LogP contribution in [0.4, 0.5) is 0 Å². The fourth-order valence-corrected chi connectivity index (χ4v) is 3.35. The van der Waals surface area contributed by atoms with Gasteiger partial charge in [-0.25, -0.2) is 0 Å². The lowest BCUT2D eigenvalue weighted by Gasteiger charge is -2.07. The highest BCUT2D eigenvalue weighted by Crippen LogP contribution is 2.38. The SMILES string of the molecule is c1ccc(C2ON=C(c3ccc4ccccc4c3)S2)cc1. The summed E-state index contributed by atoms with van der Waals surface area (Å²) in [5, 5.41) is 7.65. The Morgan fingerprint density at radius 2 is 1.57 bits per heavy atom. The van der Waals surface area contributed by atoms with E-state index in [2.05, 4.69) is 59.8 Å². The normalized spacial score (nSPS) is 17.5. The molecular weight excluding hydrogens is 278 g/mol. The van der Waals surface area contributed by atoms with Crippen molar-refractivity contribution in [1.82, 2.24) is 0 Å². The van der Waals surface area contributed by atoms with Crippen LogP contribution in [-0.4, -0.2) is 5.04 Å². The van der Waals surface area contributed by atoms with Crippen molar-refractivity contribution in [2.24, 2.45) is 5.16 Å². The van der Waals surface area contributed by atoms with Crippen molar-refractivity contribution in [2.75, 3.05) is 0 Å². The summed E-state index contributed by atoms with van der Waals surface area (Å²) in [5.74, 6) is 0. The fourth-order valence-electron chi connectivity index (χ4n) is 2.42. The van der Waals surface area contributed by atoms with Crippen LogP contribution in [0.2, 0.25) is 0 Å². The molecule has 4 rings (SSSR count). The Hall–Kier alpha value is -2.26. The Balaban J connectivity index is 1.62. The lowest BCUT2D eigenvalue weighted by Crippen LogP contribution is -1.94. The van der Waals surface area contributed by atoms with E-state index in [1.807, 2.05) is 18.2 Å². The maximum atomic E-state index is 5.57. The Morgan fingerprint density at radius 1 is 0.810 bits per heavy atom. The molecule has 0 spiro atoms. The van der Waals surface area contributed by atoms with Crippen molar-refractivity contribution in [3.8, 4) is 0 Å². The summed E-state index contributed by atoms with van der Waals surface area (Å²) in [6.45, 7) is 0. The number of fused-ring (bicyclic) bond motifs is 1. The van der Waals surface area contributed by atoms with E-state index < -0.39 is 0 Å². The van der Waals surface area contributed by atoms with Gasteiger partial charge in [-0.3, -0.25) is 0 Å². The molecule has 2 nitrogen and oxygen atoms in total. The van der Waals surface area contributed by atoms with E-state index in [0.29, 0.717) is 0 Å². The summed E-state index contributed by atoms with van der Waals surface area (Å²) in [6, 6.07) is 24.9. The van der Waals surface area contributed by atoms with Crippen molar-refractivity contribution < 1.29 is 4.84 Å². The van der Waals surface area contributed by atoms with Crippen molar-refractivity contribution in [3.05, 3.63) is 83.9 Å². The van der Waals surface area contributed by atoms with Crippen molar-refractivity contribution >= 4 is 27.6 Å². The highest BCUT2D eigenvalue weighted by atomic mass is 32.2. The summed E-state index contributed by atoms with van der Waals surface area (Å²) in [4.78, 5) is 5.57. The van der Waals surface area contributed by atoms with E-state index in [1.54, 1.807) is 11.8 Å². The number of hydrogen-bond acceptors (Lipinski definition) is 3. The standard InChI is InChI=1S/C18H13NOS/c1-2-7-14(8-3-1)18-20-19-17(21-18)16-11-10-13-6-4-5-9-15(13)12-16/h1-12,18H. The summed E-state index contributed by atoms with van der Waals surface area (Å²) in [5.41, 5.74) is 2.20. The molecule has 0 N–H and O–H groups in total. The molecular formula is C18H13NOS. The quantitative estimate of drug-likeness (QED) is 0.665. The molecule has 0 radical (unpaired) electrons. The summed E-state index contributed by atoms with van der Waals surface area (Å²) >= 11 is 1.65. The minimum absolute atomic E-state index is 0.0485. The fraction of sp³-hybridized carbons (Fsp3) is 0.0556. The molecule has 0 aromatic heterocycles. The van der Waals surface area contributed by atoms with Gasteiger partial charge in [0.05, 0.1) is 0 Å². The molecule has 21 heavy (non-hydrogen) atoms. The number of thioether (sulfide) groups is 1. The van der Waals surface area contributed by atoms with E-state index in [4.69, 9.17) is 4.84 Å². The van der Waals surface area contributed by atoms with E-state index in [1.165, 1.54) is 10.8 Å². The number of hydrogen-bond donors (Lipinski definition) is 0. The third-order valence-corrected chi connectivity index (χ3v) is 4.62. The maximum Gasteiger partial charge on any atom is 0.204 e. The van der Waals surface area contributed by atoms with Gasteiger partial charge >= 0.3 is 0 Å². The maximum absolute atomic E-state index is 5.57. The van der Waals surface area contributed by atoms with Crippen molar-refractivity contribution in [3.63, 3.8) is 0 Å². The second kappa shape index (κ2) is 5.26. The molecule has 3 heteroatoms. The predicted molar refractivity (Wildman–Crippen MR) is 88.3 cm³/mol. The van der Waals surface area contributed by atoms with Gasteiger partial charge < -0.3 is 4.84 Å². The smallest absolute Gasteiger partial charge is 0.204 e. The van der Waals surface area contributed by atoms with E-state index in [0.717, 1.165) is 16.2 Å². The van der Waals surface area contributed by atoms with Crippen LogP contribution in [0.1, 0.15) is 16.6 Å². The van der Waals surface area contributed by atoms with Crippen LogP contribution < -0.4 is 0 Å². The van der Waals surface area contributed by atoms with Gasteiger partial charge in [0, 0.05) is 11.1 Å². The zero-order chi connectivity index (χ0) is 14.1. The van der Waals surface area contributed by atoms with Crippen molar-refractivity contribution in [2.45, 2.75) is 5.44 Å². The second-order valence-corrected chi connectivity index (χ2v) is 5.97. The molecule has 1 aliphatic rings. The van der Waals surface area contributed by atoms with Gasteiger partial charge in [0.1, 0.15) is 5.04 Å². The highest BCUT2D eigenvalue weighted by Gasteiger charge is 2.24. The molecule has 3 aromatic carbocycles. The molecule has 0 saturated heterocycles. The van der Waals surface area contributed by atoms with E-state index in [9.17, 15) is 0 Å². The molecule has 102 valence electrons. The summed E-state index contributed by atoms with van der Waals surface area (Å²) in [6.07, 6.45) is 0. The van der Waals surface area contributed by atoms with Gasteiger partial charge in [-0.05, 0) is 16.8 Å². The number of nitrogens with zero attached hydrogens (tertiary/aromatic N) is 1. The summed E-state index contributed by atoms with van der Waals surface area (Å²) in [7, 11) is 0. The van der Waals surface area contributed by atoms with Gasteiger partial charge in [0.2, 0.25) is 5.44 Å². The van der Waals surface area contributed by atoms with Crippen LogP contribution in [0.15, 0.2) is 78.0 Å². The van der Waals surface area contributed by atoms with Crippen LogP contribution in [-0.2, 0) is 4.84 Å². The monoisotopic (exact) mass is 291 g/mol. The lowest BCUT2D eigenvalue weighted by atomic mass is 10.1. The third kappa shape index (κ3) is 2.41. The number of benzene rings is 3. The second-order valence-electron chi connectivity index (χ2n) is 4.92. The molecule has 1 heterocycles. The zero-order valence-corrected chi connectivity index (χ0v) is 12.1.